The molecule has 1 unspecified atom stereocenters. The van der Waals surface area contributed by atoms with Gasteiger partial charge in [0.2, 0.25) is 0 Å². The minimum atomic E-state index is -3.30. The summed E-state index contributed by atoms with van der Waals surface area (Å²) in [5.41, 5.74) is 4.86. The molecule has 0 spiro atoms. The molecule has 6 aromatic rings. The van der Waals surface area contributed by atoms with Gasteiger partial charge < -0.3 is 5.11 Å². The molecule has 1 N–H and O–H groups in total. The molecule has 0 aliphatic rings. The van der Waals surface area contributed by atoms with Crippen LogP contribution in [0.2, 0.25) is 0 Å². The number of aliphatic hydroxyl groups is 1. The van der Waals surface area contributed by atoms with Gasteiger partial charge in [-0.3, -0.25) is 4.98 Å². The summed E-state index contributed by atoms with van der Waals surface area (Å²) in [5, 5.41) is 17.7. The van der Waals surface area contributed by atoms with E-state index in [9.17, 15) is 13.5 Å². The molecule has 6 nitrogen and oxygen atoms in total. The van der Waals surface area contributed by atoms with Gasteiger partial charge in [-0.1, -0.05) is 36.4 Å². The van der Waals surface area contributed by atoms with Gasteiger partial charge in [0.15, 0.2) is 9.84 Å². The fraction of sp³-hybridized carbons (Fsp3) is 0.0938. The minimum absolute atomic E-state index is 0.273. The highest BCUT2D eigenvalue weighted by atomic mass is 32.2. The van der Waals surface area contributed by atoms with Gasteiger partial charge in [0.05, 0.1) is 10.4 Å². The van der Waals surface area contributed by atoms with E-state index < -0.39 is 15.4 Å². The standard InChI is InChI=1S/C32H25N3O3S3/c1-32(36,31-35-14-16-40-31)25-19-24-7-4-12-33-29(24)27(20-25)23-6-3-5-21(17-23)18-28(30-34-13-15-39-30)22-8-10-26(11-9-22)41(2,37)38/h3-20,36H,1-2H3. The monoisotopic (exact) mass is 595 g/mol. The average molecular weight is 596 g/mol. The Bertz CT molecular complexity index is 1980. The summed E-state index contributed by atoms with van der Waals surface area (Å²) in [4.78, 5) is 13.9. The maximum absolute atomic E-state index is 12.0. The van der Waals surface area contributed by atoms with Crippen molar-refractivity contribution in [1.82, 2.24) is 15.0 Å². The lowest BCUT2D eigenvalue weighted by atomic mass is 9.90. The molecule has 0 fully saturated rings. The van der Waals surface area contributed by atoms with E-state index in [1.54, 1.807) is 37.6 Å². The van der Waals surface area contributed by atoms with Crippen LogP contribution in [0.25, 0.3) is 33.7 Å². The van der Waals surface area contributed by atoms with Crippen molar-refractivity contribution in [3.63, 3.8) is 0 Å². The van der Waals surface area contributed by atoms with Crippen molar-refractivity contribution >= 4 is 55.1 Å². The van der Waals surface area contributed by atoms with Crippen molar-refractivity contribution < 1.29 is 13.5 Å². The second-order valence-electron chi connectivity index (χ2n) is 9.83. The summed E-state index contributed by atoms with van der Waals surface area (Å²) in [6, 6.07) is 22.9. The van der Waals surface area contributed by atoms with Gasteiger partial charge in [0, 0.05) is 52.1 Å². The van der Waals surface area contributed by atoms with Crippen molar-refractivity contribution in [3.05, 3.63) is 129 Å². The molecule has 0 radical (unpaired) electrons. The molecule has 41 heavy (non-hydrogen) atoms. The zero-order valence-corrected chi connectivity index (χ0v) is 24.7. The highest BCUT2D eigenvalue weighted by Gasteiger charge is 2.29. The quantitative estimate of drug-likeness (QED) is 0.199. The normalized spacial score (nSPS) is 13.8. The summed E-state index contributed by atoms with van der Waals surface area (Å²) in [6.07, 6.45) is 8.49. The molecule has 3 aromatic carbocycles. The first-order valence-corrected chi connectivity index (χ1v) is 16.4. The molecule has 0 amide bonds. The van der Waals surface area contributed by atoms with E-state index in [1.165, 1.54) is 28.9 Å². The van der Waals surface area contributed by atoms with Gasteiger partial charge in [-0.15, -0.1) is 22.7 Å². The molecule has 0 aliphatic carbocycles. The Morgan fingerprint density at radius 1 is 0.878 bits per heavy atom. The van der Waals surface area contributed by atoms with Crippen LogP contribution in [0.3, 0.4) is 0 Å². The Hall–Kier alpha value is -4.02. The Morgan fingerprint density at radius 2 is 1.66 bits per heavy atom. The molecule has 0 saturated heterocycles. The molecule has 6 rings (SSSR count). The van der Waals surface area contributed by atoms with Crippen LogP contribution in [0.4, 0.5) is 0 Å². The summed E-state index contributed by atoms with van der Waals surface area (Å²) < 4.78 is 24.0. The van der Waals surface area contributed by atoms with Crippen LogP contribution in [0.15, 0.2) is 107 Å². The first-order valence-electron chi connectivity index (χ1n) is 12.7. The number of sulfone groups is 1. The Kier molecular flexibility index (Phi) is 7.13. The van der Waals surface area contributed by atoms with Crippen LogP contribution in [0.5, 0.6) is 0 Å². The fourth-order valence-electron chi connectivity index (χ4n) is 4.75. The number of benzene rings is 3. The Morgan fingerprint density at radius 3 is 2.37 bits per heavy atom. The van der Waals surface area contributed by atoms with Crippen LogP contribution in [0.1, 0.15) is 33.6 Å². The van der Waals surface area contributed by atoms with E-state index >= 15 is 0 Å². The van der Waals surface area contributed by atoms with Gasteiger partial charge in [0.25, 0.3) is 0 Å². The lowest BCUT2D eigenvalue weighted by Gasteiger charge is -2.23. The van der Waals surface area contributed by atoms with E-state index in [0.717, 1.165) is 49.3 Å². The number of hydrogen-bond donors (Lipinski definition) is 1. The zero-order valence-electron chi connectivity index (χ0n) is 22.2. The third-order valence-corrected chi connectivity index (χ3v) is 9.80. The van der Waals surface area contributed by atoms with E-state index in [1.807, 2.05) is 65.4 Å². The molecule has 3 heterocycles. The predicted octanol–water partition coefficient (Wildman–Crippen LogP) is 7.06. The number of aromatic nitrogens is 3. The van der Waals surface area contributed by atoms with Gasteiger partial charge in [-0.2, -0.15) is 0 Å². The molecule has 9 heteroatoms. The maximum atomic E-state index is 12.0. The third-order valence-electron chi connectivity index (χ3n) is 6.88. The van der Waals surface area contributed by atoms with Crippen LogP contribution in [-0.4, -0.2) is 34.7 Å². The summed E-state index contributed by atoms with van der Waals surface area (Å²) >= 11 is 2.94. The first-order chi connectivity index (χ1) is 19.7. The van der Waals surface area contributed by atoms with Crippen LogP contribution in [0, 0.1) is 0 Å². The molecule has 0 bridgehead atoms. The highest BCUT2D eigenvalue weighted by molar-refractivity contribution is 7.90. The highest BCUT2D eigenvalue weighted by Crippen LogP contribution is 2.37. The zero-order chi connectivity index (χ0) is 28.6. The topological polar surface area (TPSA) is 93.0 Å². The maximum Gasteiger partial charge on any atom is 0.175 e. The SMILES string of the molecule is CC(O)(c1cc(-c2cccc(C=C(c3ccc(S(C)(=O)=O)cc3)c3nccs3)c2)c2ncccc2c1)c1nccs1. The van der Waals surface area contributed by atoms with Crippen molar-refractivity contribution in [2.45, 2.75) is 17.4 Å². The number of rotatable bonds is 7. The first kappa shape index (κ1) is 27.2. The fourth-order valence-corrected chi connectivity index (χ4v) is 6.78. The Labute approximate surface area is 246 Å². The summed E-state index contributed by atoms with van der Waals surface area (Å²) in [7, 11) is -3.30. The number of fused-ring (bicyclic) bond motifs is 1. The minimum Gasteiger partial charge on any atom is -0.378 e. The smallest absolute Gasteiger partial charge is 0.175 e. The number of thiazole rings is 2. The third kappa shape index (κ3) is 5.49. The molecule has 0 saturated carbocycles. The predicted molar refractivity (Wildman–Crippen MR) is 167 cm³/mol. The number of pyridine rings is 1. The van der Waals surface area contributed by atoms with Crippen molar-refractivity contribution in [2.24, 2.45) is 0 Å². The second-order valence-corrected chi connectivity index (χ2v) is 13.6. The molecule has 204 valence electrons. The lowest BCUT2D eigenvalue weighted by Crippen LogP contribution is -2.22. The lowest BCUT2D eigenvalue weighted by molar-refractivity contribution is 0.102. The number of nitrogens with zero attached hydrogens (tertiary/aromatic N) is 3. The van der Waals surface area contributed by atoms with Crippen LogP contribution in [-0.2, 0) is 15.4 Å². The van der Waals surface area contributed by atoms with Gasteiger partial charge in [0.1, 0.15) is 15.6 Å². The van der Waals surface area contributed by atoms with E-state index in [4.69, 9.17) is 0 Å². The average Bonchev–Trinajstić information content (AvgIpc) is 3.71. The second kappa shape index (κ2) is 10.8. The molecule has 1 atom stereocenters. The van der Waals surface area contributed by atoms with Crippen molar-refractivity contribution in [3.8, 4) is 11.1 Å². The van der Waals surface area contributed by atoms with E-state index in [2.05, 4.69) is 27.1 Å². The van der Waals surface area contributed by atoms with Gasteiger partial charge in [-0.05, 0) is 71.7 Å². The number of hydrogen-bond acceptors (Lipinski definition) is 8. The van der Waals surface area contributed by atoms with E-state index in [-0.39, 0.29) is 4.90 Å². The summed E-state index contributed by atoms with van der Waals surface area (Å²) in [5.74, 6) is 0. The van der Waals surface area contributed by atoms with Crippen LogP contribution >= 0.6 is 22.7 Å². The summed E-state index contributed by atoms with van der Waals surface area (Å²) in [6.45, 7) is 1.77. The molecular formula is C32H25N3O3S3. The van der Waals surface area contributed by atoms with Crippen molar-refractivity contribution in [1.29, 1.82) is 0 Å². The molecule has 0 aliphatic heterocycles. The van der Waals surface area contributed by atoms with E-state index in [0.29, 0.717) is 5.01 Å². The van der Waals surface area contributed by atoms with Crippen LogP contribution < -0.4 is 0 Å². The van der Waals surface area contributed by atoms with Crippen molar-refractivity contribution in [2.75, 3.05) is 6.26 Å². The molecular weight excluding hydrogens is 571 g/mol. The van der Waals surface area contributed by atoms with Gasteiger partial charge >= 0.3 is 0 Å². The van der Waals surface area contributed by atoms with Gasteiger partial charge in [-0.25, -0.2) is 18.4 Å². The molecule has 3 aromatic heterocycles. The largest absolute Gasteiger partial charge is 0.378 e. The Balaban J connectivity index is 1.48.